The zero-order valence-electron chi connectivity index (χ0n) is 11.0. The molecule has 0 saturated heterocycles. The van der Waals surface area contributed by atoms with E-state index < -0.39 is 11.9 Å². The van der Waals surface area contributed by atoms with Gasteiger partial charge in [0.2, 0.25) is 5.95 Å². The molecule has 2 heterocycles. The molecule has 0 radical (unpaired) electrons. The summed E-state index contributed by atoms with van der Waals surface area (Å²) >= 11 is 0. The summed E-state index contributed by atoms with van der Waals surface area (Å²) < 4.78 is 39.7. The van der Waals surface area contributed by atoms with Crippen molar-refractivity contribution in [3.8, 4) is 0 Å². The van der Waals surface area contributed by atoms with Crippen LogP contribution in [0.25, 0.3) is 0 Å². The topological polar surface area (TPSA) is 107 Å². The van der Waals surface area contributed by atoms with Crippen molar-refractivity contribution < 1.29 is 13.2 Å². The van der Waals surface area contributed by atoms with Crippen LogP contribution in [0.4, 0.5) is 24.9 Å². The third-order valence-corrected chi connectivity index (χ3v) is 2.61. The van der Waals surface area contributed by atoms with Crippen molar-refractivity contribution in [2.24, 2.45) is 12.9 Å². The molecule has 11 heteroatoms. The predicted molar refractivity (Wildman–Crippen MR) is 68.0 cm³/mol. The maximum Gasteiger partial charge on any atom is 0.433 e. The van der Waals surface area contributed by atoms with Crippen molar-refractivity contribution >= 4 is 11.8 Å². The maximum atomic E-state index is 12.7. The minimum atomic E-state index is -4.57. The number of nitrogen functional groups attached to an aromatic ring is 1. The van der Waals surface area contributed by atoms with E-state index in [-0.39, 0.29) is 11.8 Å². The van der Waals surface area contributed by atoms with Crippen LogP contribution < -0.4 is 16.6 Å². The highest BCUT2D eigenvalue weighted by Gasteiger charge is 2.33. The standard InChI is InChI=1S/C10H13F3N8/c1-21-5-16-20-8(21)2-3-15-7-4-6(10(11,12)13)17-9(18-7)19-14/h4-5H,2-3,14H2,1H3,(H2,15,17,18,19). The second kappa shape index (κ2) is 5.91. The van der Waals surface area contributed by atoms with E-state index in [1.54, 1.807) is 11.6 Å². The number of aryl methyl sites for hydroxylation is 1. The summed E-state index contributed by atoms with van der Waals surface area (Å²) in [6.07, 6.45) is -2.56. The molecular weight excluding hydrogens is 289 g/mol. The van der Waals surface area contributed by atoms with Crippen molar-refractivity contribution in [3.63, 3.8) is 0 Å². The Bertz CT molecular complexity index is 609. The maximum absolute atomic E-state index is 12.7. The Hall–Kier alpha value is -2.43. The Kier molecular flexibility index (Phi) is 4.21. The van der Waals surface area contributed by atoms with Crippen LogP contribution in [0.3, 0.4) is 0 Å². The summed E-state index contributed by atoms with van der Waals surface area (Å²) in [5.74, 6) is 5.47. The SMILES string of the molecule is Cn1cnnc1CCNc1cc(C(F)(F)F)nc(NN)n1. The molecule has 0 aliphatic heterocycles. The minimum absolute atomic E-state index is 0.0208. The van der Waals surface area contributed by atoms with Crippen LogP contribution >= 0.6 is 0 Å². The van der Waals surface area contributed by atoms with Gasteiger partial charge in [-0.05, 0) is 0 Å². The molecule has 0 aromatic carbocycles. The number of hydrogen-bond acceptors (Lipinski definition) is 7. The van der Waals surface area contributed by atoms with E-state index in [9.17, 15) is 13.2 Å². The van der Waals surface area contributed by atoms with Crippen LogP contribution in [0.2, 0.25) is 0 Å². The minimum Gasteiger partial charge on any atom is -0.369 e. The Morgan fingerprint density at radius 1 is 1.33 bits per heavy atom. The van der Waals surface area contributed by atoms with Gasteiger partial charge in [-0.15, -0.1) is 10.2 Å². The lowest BCUT2D eigenvalue weighted by Crippen LogP contribution is -2.17. The zero-order valence-corrected chi connectivity index (χ0v) is 11.0. The number of rotatable bonds is 5. The van der Waals surface area contributed by atoms with Crippen molar-refractivity contribution in [2.45, 2.75) is 12.6 Å². The van der Waals surface area contributed by atoms with Gasteiger partial charge in [0.15, 0.2) is 5.69 Å². The third-order valence-electron chi connectivity index (χ3n) is 2.61. The predicted octanol–water partition coefficient (Wildman–Crippen LogP) is 0.564. The largest absolute Gasteiger partial charge is 0.433 e. The van der Waals surface area contributed by atoms with Crippen LogP contribution in [-0.4, -0.2) is 31.3 Å². The number of aromatic nitrogens is 5. The first kappa shape index (κ1) is 15.0. The van der Waals surface area contributed by atoms with Gasteiger partial charge in [0.25, 0.3) is 0 Å². The van der Waals surface area contributed by atoms with Crippen LogP contribution in [-0.2, 0) is 19.6 Å². The number of anilines is 2. The Labute approximate surface area is 117 Å². The second-order valence-corrected chi connectivity index (χ2v) is 4.14. The molecule has 0 aliphatic carbocycles. The monoisotopic (exact) mass is 302 g/mol. The number of nitrogens with zero attached hydrogens (tertiary/aromatic N) is 5. The number of halogens is 3. The summed E-state index contributed by atoms with van der Waals surface area (Å²) in [4.78, 5) is 7.06. The first-order chi connectivity index (χ1) is 9.90. The van der Waals surface area contributed by atoms with E-state index in [1.807, 2.05) is 5.43 Å². The molecule has 8 nitrogen and oxygen atoms in total. The zero-order chi connectivity index (χ0) is 15.5. The summed E-state index contributed by atoms with van der Waals surface area (Å²) in [6, 6.07) is 0.817. The Morgan fingerprint density at radius 2 is 2.10 bits per heavy atom. The highest BCUT2D eigenvalue weighted by Crippen LogP contribution is 2.29. The molecule has 0 fully saturated rings. The van der Waals surface area contributed by atoms with Crippen LogP contribution in [0.5, 0.6) is 0 Å². The smallest absolute Gasteiger partial charge is 0.369 e. The molecule has 0 atom stereocenters. The van der Waals surface area contributed by atoms with Gasteiger partial charge in [0.05, 0.1) is 0 Å². The third kappa shape index (κ3) is 3.78. The van der Waals surface area contributed by atoms with Crippen molar-refractivity contribution in [3.05, 3.63) is 23.9 Å². The summed E-state index contributed by atoms with van der Waals surface area (Å²) in [7, 11) is 1.78. The summed E-state index contributed by atoms with van der Waals surface area (Å²) in [5.41, 5.74) is 0.927. The van der Waals surface area contributed by atoms with Gasteiger partial charge in [-0.25, -0.2) is 10.8 Å². The van der Waals surface area contributed by atoms with E-state index >= 15 is 0 Å². The molecular formula is C10H13F3N8. The number of alkyl halides is 3. The molecule has 0 saturated carbocycles. The Morgan fingerprint density at radius 3 is 2.67 bits per heavy atom. The summed E-state index contributed by atoms with van der Waals surface area (Å²) in [6.45, 7) is 0.338. The number of hydrogen-bond donors (Lipinski definition) is 3. The summed E-state index contributed by atoms with van der Waals surface area (Å²) in [5, 5.41) is 10.3. The van der Waals surface area contributed by atoms with Crippen molar-refractivity contribution in [2.75, 3.05) is 17.3 Å². The highest BCUT2D eigenvalue weighted by atomic mass is 19.4. The van der Waals surface area contributed by atoms with Gasteiger partial charge in [-0.3, -0.25) is 5.43 Å². The molecule has 0 unspecified atom stereocenters. The fourth-order valence-electron chi connectivity index (χ4n) is 1.58. The average molecular weight is 302 g/mol. The lowest BCUT2D eigenvalue weighted by molar-refractivity contribution is -0.141. The first-order valence-electron chi connectivity index (χ1n) is 5.90. The van der Waals surface area contributed by atoms with Crippen molar-refractivity contribution in [1.82, 2.24) is 24.7 Å². The second-order valence-electron chi connectivity index (χ2n) is 4.14. The lowest BCUT2D eigenvalue weighted by atomic mass is 10.3. The quantitative estimate of drug-likeness (QED) is 0.547. The molecule has 2 aromatic rings. The van der Waals surface area contributed by atoms with E-state index in [0.29, 0.717) is 18.8 Å². The lowest BCUT2D eigenvalue weighted by Gasteiger charge is -2.11. The van der Waals surface area contributed by atoms with Gasteiger partial charge in [-0.1, -0.05) is 0 Å². The van der Waals surface area contributed by atoms with Crippen LogP contribution in [0.15, 0.2) is 12.4 Å². The Balaban J connectivity index is 2.07. The average Bonchev–Trinajstić information content (AvgIpc) is 2.83. The van der Waals surface area contributed by atoms with Crippen LogP contribution in [0, 0.1) is 0 Å². The fraction of sp³-hybridized carbons (Fsp3) is 0.400. The van der Waals surface area contributed by atoms with E-state index in [2.05, 4.69) is 25.5 Å². The van der Waals surface area contributed by atoms with E-state index in [0.717, 1.165) is 6.07 Å². The number of nitrogens with one attached hydrogen (secondary N) is 2. The molecule has 114 valence electrons. The molecule has 2 rings (SSSR count). The van der Waals surface area contributed by atoms with Crippen LogP contribution in [0.1, 0.15) is 11.5 Å². The van der Waals surface area contributed by atoms with Gasteiger partial charge in [0.1, 0.15) is 18.0 Å². The molecule has 4 N–H and O–H groups in total. The van der Waals surface area contributed by atoms with Crippen molar-refractivity contribution in [1.29, 1.82) is 0 Å². The van der Waals surface area contributed by atoms with Gasteiger partial charge in [0, 0.05) is 26.1 Å². The molecule has 21 heavy (non-hydrogen) atoms. The molecule has 0 amide bonds. The van der Waals surface area contributed by atoms with Gasteiger partial charge < -0.3 is 9.88 Å². The molecule has 0 aliphatic rings. The number of nitrogens with two attached hydrogens (primary N) is 1. The fourth-order valence-corrected chi connectivity index (χ4v) is 1.58. The van der Waals surface area contributed by atoms with Gasteiger partial charge >= 0.3 is 6.18 Å². The number of hydrazine groups is 1. The molecule has 0 spiro atoms. The van der Waals surface area contributed by atoms with E-state index in [1.165, 1.54) is 6.33 Å². The van der Waals surface area contributed by atoms with Gasteiger partial charge in [-0.2, -0.15) is 18.2 Å². The normalized spacial score (nSPS) is 11.5. The molecule has 0 bridgehead atoms. The first-order valence-corrected chi connectivity index (χ1v) is 5.90. The highest BCUT2D eigenvalue weighted by molar-refractivity contribution is 5.42. The molecule has 2 aromatic heterocycles. The van der Waals surface area contributed by atoms with E-state index in [4.69, 9.17) is 5.84 Å².